The lowest BCUT2D eigenvalue weighted by Gasteiger charge is -2.13. The number of nitrogens with two attached hydrogens (primary N) is 1. The Balaban J connectivity index is 2.29. The minimum absolute atomic E-state index is 0.0373. The topological polar surface area (TPSA) is 55.1 Å². The smallest absolute Gasteiger partial charge is 0.318 e. The number of alkyl halides is 3. The van der Waals surface area contributed by atoms with Crippen molar-refractivity contribution < 1.29 is 13.6 Å². The van der Waals surface area contributed by atoms with Gasteiger partial charge in [0.25, 0.3) is 0 Å². The third-order valence-electron chi connectivity index (χ3n) is 2.31. The number of hydrogen-bond acceptors (Lipinski definition) is 2. The average molecular weight is 271 g/mol. The quantitative estimate of drug-likeness (QED) is 0.758. The SMILES string of the molecule is NC1CCC(C(=O)NCC(F)(F)Br)C1. The molecule has 0 aromatic rings. The minimum atomic E-state index is -3.02. The van der Waals surface area contributed by atoms with Crippen molar-refractivity contribution in [2.45, 2.75) is 30.1 Å². The van der Waals surface area contributed by atoms with E-state index in [4.69, 9.17) is 5.73 Å². The van der Waals surface area contributed by atoms with Crippen LogP contribution >= 0.6 is 15.9 Å². The van der Waals surface area contributed by atoms with E-state index in [0.717, 1.165) is 6.42 Å². The average Bonchev–Trinajstić information content (AvgIpc) is 2.46. The Morgan fingerprint density at radius 2 is 2.21 bits per heavy atom. The first-order valence-electron chi connectivity index (χ1n) is 4.48. The molecule has 1 aliphatic rings. The highest BCUT2D eigenvalue weighted by molar-refractivity contribution is 9.10. The molecule has 0 saturated heterocycles. The van der Waals surface area contributed by atoms with Crippen LogP contribution in [-0.4, -0.2) is 23.3 Å². The van der Waals surface area contributed by atoms with Gasteiger partial charge in [-0.25, -0.2) is 0 Å². The highest BCUT2D eigenvalue weighted by Gasteiger charge is 2.30. The van der Waals surface area contributed by atoms with Crippen molar-refractivity contribution in [2.24, 2.45) is 11.7 Å². The zero-order chi connectivity index (χ0) is 10.8. The predicted molar refractivity (Wildman–Crippen MR) is 52.2 cm³/mol. The first kappa shape index (κ1) is 11.8. The van der Waals surface area contributed by atoms with Crippen LogP contribution in [0.1, 0.15) is 19.3 Å². The summed E-state index contributed by atoms with van der Waals surface area (Å²) < 4.78 is 24.6. The molecule has 1 saturated carbocycles. The van der Waals surface area contributed by atoms with E-state index in [1.54, 1.807) is 0 Å². The van der Waals surface area contributed by atoms with E-state index in [2.05, 4.69) is 21.2 Å². The van der Waals surface area contributed by atoms with Gasteiger partial charge in [-0.2, -0.15) is 8.78 Å². The molecular weight excluding hydrogens is 258 g/mol. The van der Waals surface area contributed by atoms with Crippen LogP contribution in [-0.2, 0) is 4.79 Å². The molecule has 2 unspecified atom stereocenters. The minimum Gasteiger partial charge on any atom is -0.349 e. The summed E-state index contributed by atoms with van der Waals surface area (Å²) in [6, 6.07) is 0.0373. The molecule has 0 heterocycles. The molecule has 14 heavy (non-hydrogen) atoms. The first-order chi connectivity index (χ1) is 6.38. The normalized spacial score (nSPS) is 27.7. The van der Waals surface area contributed by atoms with Crippen molar-refractivity contribution in [3.05, 3.63) is 0 Å². The van der Waals surface area contributed by atoms with Gasteiger partial charge in [-0.15, -0.1) is 0 Å². The monoisotopic (exact) mass is 270 g/mol. The largest absolute Gasteiger partial charge is 0.349 e. The Bertz CT molecular complexity index is 220. The van der Waals surface area contributed by atoms with Crippen molar-refractivity contribution in [1.82, 2.24) is 5.32 Å². The maximum Gasteiger partial charge on any atom is 0.318 e. The molecule has 3 N–H and O–H groups in total. The molecule has 2 atom stereocenters. The Hall–Kier alpha value is -0.230. The van der Waals surface area contributed by atoms with Gasteiger partial charge < -0.3 is 11.1 Å². The maximum atomic E-state index is 12.3. The van der Waals surface area contributed by atoms with Gasteiger partial charge in [-0.1, -0.05) is 0 Å². The Morgan fingerprint density at radius 3 is 2.64 bits per heavy atom. The van der Waals surface area contributed by atoms with E-state index in [1.165, 1.54) is 0 Å². The number of halogens is 3. The summed E-state index contributed by atoms with van der Waals surface area (Å²) in [5.41, 5.74) is 5.61. The molecule has 0 aromatic heterocycles. The van der Waals surface area contributed by atoms with Crippen LogP contribution in [0.4, 0.5) is 8.78 Å². The van der Waals surface area contributed by atoms with Crippen LogP contribution in [0, 0.1) is 5.92 Å². The van der Waals surface area contributed by atoms with Crippen molar-refractivity contribution in [1.29, 1.82) is 0 Å². The highest BCUT2D eigenvalue weighted by Crippen LogP contribution is 2.25. The molecule has 1 aliphatic carbocycles. The van der Waals surface area contributed by atoms with E-state index < -0.39 is 11.4 Å². The van der Waals surface area contributed by atoms with Gasteiger partial charge in [0.2, 0.25) is 5.91 Å². The summed E-state index contributed by atoms with van der Waals surface area (Å²) in [7, 11) is 0. The van der Waals surface area contributed by atoms with Crippen LogP contribution in [0.2, 0.25) is 0 Å². The number of carbonyl (C=O) groups is 1. The lowest BCUT2D eigenvalue weighted by Crippen LogP contribution is -2.36. The van der Waals surface area contributed by atoms with E-state index in [9.17, 15) is 13.6 Å². The van der Waals surface area contributed by atoms with Crippen molar-refractivity contribution >= 4 is 21.8 Å². The van der Waals surface area contributed by atoms with Crippen LogP contribution in [0.25, 0.3) is 0 Å². The Labute approximate surface area is 89.5 Å². The van der Waals surface area contributed by atoms with Gasteiger partial charge in [-0.05, 0) is 35.2 Å². The van der Waals surface area contributed by atoms with Gasteiger partial charge in [0.15, 0.2) is 0 Å². The van der Waals surface area contributed by atoms with Crippen LogP contribution < -0.4 is 11.1 Å². The molecule has 3 nitrogen and oxygen atoms in total. The molecule has 0 spiro atoms. The van der Waals surface area contributed by atoms with Gasteiger partial charge in [0.05, 0.1) is 6.54 Å². The number of nitrogens with one attached hydrogen (secondary N) is 1. The fourth-order valence-electron chi connectivity index (χ4n) is 1.59. The zero-order valence-electron chi connectivity index (χ0n) is 7.60. The van der Waals surface area contributed by atoms with Gasteiger partial charge in [-0.3, -0.25) is 4.79 Å². The molecule has 82 valence electrons. The summed E-state index contributed by atoms with van der Waals surface area (Å²) >= 11 is 2.15. The standard InChI is InChI=1S/C8H13BrF2N2O/c9-8(10,11)4-13-7(14)5-1-2-6(12)3-5/h5-6H,1-4,12H2,(H,13,14). The second-order valence-corrected chi connectivity index (χ2v) is 4.76. The Kier molecular flexibility index (Phi) is 3.83. The van der Waals surface area contributed by atoms with Crippen LogP contribution in [0.3, 0.4) is 0 Å². The number of rotatable bonds is 3. The predicted octanol–water partition coefficient (Wildman–Crippen LogP) is 1.22. The third kappa shape index (κ3) is 3.88. The zero-order valence-corrected chi connectivity index (χ0v) is 9.19. The summed E-state index contributed by atoms with van der Waals surface area (Å²) in [6.45, 7) is -0.669. The molecule has 1 fully saturated rings. The first-order valence-corrected chi connectivity index (χ1v) is 5.28. The summed E-state index contributed by atoms with van der Waals surface area (Å²) in [6.07, 6.45) is 2.09. The summed E-state index contributed by atoms with van der Waals surface area (Å²) in [5.74, 6) is -0.517. The third-order valence-corrected chi connectivity index (χ3v) is 2.59. The van der Waals surface area contributed by atoms with Crippen molar-refractivity contribution in [3.8, 4) is 0 Å². The van der Waals surface area contributed by atoms with Crippen molar-refractivity contribution in [2.75, 3.05) is 6.54 Å². The molecule has 0 aromatic carbocycles. The maximum absolute atomic E-state index is 12.3. The van der Waals surface area contributed by atoms with Gasteiger partial charge in [0, 0.05) is 12.0 Å². The van der Waals surface area contributed by atoms with Gasteiger partial charge >= 0.3 is 4.83 Å². The molecule has 0 aliphatic heterocycles. The Morgan fingerprint density at radius 1 is 1.57 bits per heavy atom. The van der Waals surface area contributed by atoms with Crippen LogP contribution in [0.15, 0.2) is 0 Å². The second-order valence-electron chi connectivity index (χ2n) is 3.60. The van der Waals surface area contributed by atoms with E-state index in [-0.39, 0.29) is 17.9 Å². The van der Waals surface area contributed by atoms with Gasteiger partial charge in [0.1, 0.15) is 0 Å². The molecule has 1 rings (SSSR count). The molecule has 6 heteroatoms. The highest BCUT2D eigenvalue weighted by atomic mass is 79.9. The summed E-state index contributed by atoms with van der Waals surface area (Å²) in [5, 5.41) is 2.19. The van der Waals surface area contributed by atoms with Crippen LogP contribution in [0.5, 0.6) is 0 Å². The number of hydrogen-bond donors (Lipinski definition) is 2. The summed E-state index contributed by atoms with van der Waals surface area (Å²) in [4.78, 5) is 8.29. The fraction of sp³-hybridized carbons (Fsp3) is 0.875. The van der Waals surface area contributed by atoms with E-state index >= 15 is 0 Å². The fourth-order valence-corrected chi connectivity index (χ4v) is 1.73. The molecule has 0 radical (unpaired) electrons. The molecule has 0 bridgehead atoms. The molecular formula is C8H13BrF2N2O. The number of amides is 1. The lowest BCUT2D eigenvalue weighted by molar-refractivity contribution is -0.125. The van der Waals surface area contributed by atoms with E-state index in [0.29, 0.717) is 12.8 Å². The van der Waals surface area contributed by atoms with Crippen molar-refractivity contribution in [3.63, 3.8) is 0 Å². The molecule has 1 amide bonds. The second kappa shape index (κ2) is 4.53. The number of carbonyl (C=O) groups excluding carboxylic acids is 1. The lowest BCUT2D eigenvalue weighted by atomic mass is 10.1. The van der Waals surface area contributed by atoms with E-state index in [1.807, 2.05) is 0 Å².